The normalized spacial score (nSPS) is 12.5. The van der Waals surface area contributed by atoms with Gasteiger partial charge in [-0.25, -0.2) is 9.97 Å². The molecule has 0 saturated carbocycles. The zero-order chi connectivity index (χ0) is 25.9. The van der Waals surface area contributed by atoms with Crippen molar-refractivity contribution in [3.63, 3.8) is 0 Å². The summed E-state index contributed by atoms with van der Waals surface area (Å²) in [6.07, 6.45) is 1.94. The van der Waals surface area contributed by atoms with Crippen LogP contribution in [-0.2, 0) is 0 Å². The van der Waals surface area contributed by atoms with Gasteiger partial charge >= 0.3 is 0 Å². The molecule has 0 aliphatic rings. The number of hydrogen-bond donors (Lipinski definition) is 0. The summed E-state index contributed by atoms with van der Waals surface area (Å²) in [5.41, 5.74) is 6.92. The van der Waals surface area contributed by atoms with Gasteiger partial charge in [0.15, 0.2) is 0 Å². The van der Waals surface area contributed by atoms with Crippen LogP contribution in [0.3, 0.4) is 0 Å². The molecule has 0 aliphatic heterocycles. The van der Waals surface area contributed by atoms with Gasteiger partial charge in [-0.3, -0.25) is 4.57 Å². The van der Waals surface area contributed by atoms with Crippen LogP contribution in [-0.4, -0.2) is 18.9 Å². The molecule has 0 atom stereocenters. The minimum atomic E-state index is 0.692. The Hall–Kier alpha value is -5.48. The maximum absolute atomic E-state index is 5.10. The van der Waals surface area contributed by atoms with Crippen molar-refractivity contribution < 1.29 is 0 Å². The first-order valence-electron chi connectivity index (χ1n) is 13.6. The number of nitrogens with zero attached hydrogens (tertiary/aromatic N) is 4. The third-order valence-electron chi connectivity index (χ3n) is 8.66. The lowest BCUT2D eigenvalue weighted by molar-refractivity contribution is 1.01. The smallest absolute Gasteiger partial charge is 0.235 e. The van der Waals surface area contributed by atoms with Crippen LogP contribution in [0.25, 0.3) is 87.5 Å². The van der Waals surface area contributed by atoms with E-state index in [1.54, 1.807) is 0 Å². The minimum Gasteiger partial charge on any atom is -0.308 e. The monoisotopic (exact) mass is 508 g/mol. The Kier molecular flexibility index (Phi) is 3.65. The molecule has 0 saturated heterocycles. The van der Waals surface area contributed by atoms with E-state index < -0.39 is 0 Å². The third-order valence-corrected chi connectivity index (χ3v) is 8.66. The fourth-order valence-corrected chi connectivity index (χ4v) is 7.05. The number of hydrogen-bond acceptors (Lipinski definition) is 2. The quantitative estimate of drug-likeness (QED) is 0.222. The highest BCUT2D eigenvalue weighted by molar-refractivity contribution is 6.37. The lowest BCUT2D eigenvalue weighted by Crippen LogP contribution is -2.01. The predicted octanol–water partition coefficient (Wildman–Crippen LogP) is 9.03. The largest absolute Gasteiger partial charge is 0.308 e. The van der Waals surface area contributed by atoms with Crippen molar-refractivity contribution in [1.29, 1.82) is 0 Å². The summed E-state index contributed by atoms with van der Waals surface area (Å²) in [4.78, 5) is 10.0. The number of benzene rings is 6. The molecule has 10 rings (SSSR count). The van der Waals surface area contributed by atoms with Gasteiger partial charge in [-0.05, 0) is 41.1 Å². The lowest BCUT2D eigenvalue weighted by Gasteiger charge is -2.09. The summed E-state index contributed by atoms with van der Waals surface area (Å²) < 4.78 is 4.75. The van der Waals surface area contributed by atoms with Gasteiger partial charge in [-0.1, -0.05) is 84.9 Å². The molecule has 6 aromatic carbocycles. The standard InChI is InChI=1S/C36H20N4/c1-3-11-23-21(9-1)17-18-31-32(23)33-34-26(24-12-4-7-15-29(24)39(31)34)19-27-25-13-5-8-16-30(25)40(35(27)33)36-37-20-22-10-2-6-14-28(22)38-36/h1-20H. The molecule has 184 valence electrons. The van der Waals surface area contributed by atoms with Crippen molar-refractivity contribution in [2.24, 2.45) is 0 Å². The van der Waals surface area contributed by atoms with Crippen molar-refractivity contribution in [1.82, 2.24) is 18.9 Å². The van der Waals surface area contributed by atoms with Crippen LogP contribution >= 0.6 is 0 Å². The zero-order valence-corrected chi connectivity index (χ0v) is 21.3. The molecule has 0 radical (unpaired) electrons. The molecular formula is C36H20N4. The molecule has 0 bridgehead atoms. The van der Waals surface area contributed by atoms with Crippen molar-refractivity contribution in [3.8, 4) is 5.95 Å². The second-order valence-corrected chi connectivity index (χ2v) is 10.7. The fourth-order valence-electron chi connectivity index (χ4n) is 7.05. The Morgan fingerprint density at radius 2 is 1.15 bits per heavy atom. The molecule has 10 aromatic rings. The van der Waals surface area contributed by atoms with Crippen molar-refractivity contribution in [2.45, 2.75) is 0 Å². The lowest BCUT2D eigenvalue weighted by atomic mass is 10.00. The molecule has 0 aliphatic carbocycles. The third kappa shape index (κ3) is 2.38. The van der Waals surface area contributed by atoms with Crippen molar-refractivity contribution in [3.05, 3.63) is 121 Å². The molecule has 40 heavy (non-hydrogen) atoms. The highest BCUT2D eigenvalue weighted by Crippen LogP contribution is 2.47. The van der Waals surface area contributed by atoms with Gasteiger partial charge in [0.1, 0.15) is 0 Å². The van der Waals surface area contributed by atoms with Gasteiger partial charge < -0.3 is 4.40 Å². The molecule has 4 heteroatoms. The summed E-state index contributed by atoms with van der Waals surface area (Å²) in [7, 11) is 0. The molecular weight excluding hydrogens is 488 g/mol. The summed E-state index contributed by atoms with van der Waals surface area (Å²) in [6.45, 7) is 0. The second kappa shape index (κ2) is 7.13. The van der Waals surface area contributed by atoms with E-state index in [4.69, 9.17) is 9.97 Å². The van der Waals surface area contributed by atoms with Crippen LogP contribution < -0.4 is 0 Å². The van der Waals surface area contributed by atoms with Gasteiger partial charge in [0, 0.05) is 43.9 Å². The SMILES string of the molecule is c1ccc2nc(-n3c4ccccc4c4cc5c6ccccc6n6c7ccc8ccccc8c7c(c43)c56)ncc2c1. The number of rotatable bonds is 1. The maximum Gasteiger partial charge on any atom is 0.235 e. The first-order chi connectivity index (χ1) is 19.9. The molecule has 4 nitrogen and oxygen atoms in total. The van der Waals surface area contributed by atoms with E-state index in [1.807, 2.05) is 18.3 Å². The van der Waals surface area contributed by atoms with Crippen LogP contribution in [0.4, 0.5) is 0 Å². The summed E-state index contributed by atoms with van der Waals surface area (Å²) >= 11 is 0. The molecule has 0 unspecified atom stereocenters. The minimum absolute atomic E-state index is 0.692. The Balaban J connectivity index is 1.56. The van der Waals surface area contributed by atoms with Crippen LogP contribution in [0.2, 0.25) is 0 Å². The zero-order valence-electron chi connectivity index (χ0n) is 21.3. The van der Waals surface area contributed by atoms with E-state index in [9.17, 15) is 0 Å². The van der Waals surface area contributed by atoms with E-state index >= 15 is 0 Å². The Labute approximate surface area is 227 Å². The van der Waals surface area contributed by atoms with E-state index in [0.717, 1.165) is 21.9 Å². The highest BCUT2D eigenvalue weighted by Gasteiger charge is 2.25. The van der Waals surface area contributed by atoms with Crippen LogP contribution in [0.15, 0.2) is 121 Å². The van der Waals surface area contributed by atoms with Crippen LogP contribution in [0.5, 0.6) is 0 Å². The van der Waals surface area contributed by atoms with Crippen molar-refractivity contribution >= 4 is 81.6 Å². The van der Waals surface area contributed by atoms with E-state index in [2.05, 4.69) is 112 Å². The van der Waals surface area contributed by atoms with E-state index in [0.29, 0.717) is 5.95 Å². The predicted molar refractivity (Wildman–Crippen MR) is 166 cm³/mol. The highest BCUT2D eigenvalue weighted by atomic mass is 15.2. The van der Waals surface area contributed by atoms with Gasteiger partial charge in [0.2, 0.25) is 5.95 Å². The summed E-state index contributed by atoms with van der Waals surface area (Å²) in [6, 6.07) is 41.3. The number of fused-ring (bicyclic) bond motifs is 13. The number of para-hydroxylation sites is 3. The second-order valence-electron chi connectivity index (χ2n) is 10.7. The summed E-state index contributed by atoms with van der Waals surface area (Å²) in [5.74, 6) is 0.692. The maximum atomic E-state index is 5.10. The Morgan fingerprint density at radius 3 is 2.02 bits per heavy atom. The van der Waals surface area contributed by atoms with E-state index in [1.165, 1.54) is 59.6 Å². The van der Waals surface area contributed by atoms with E-state index in [-0.39, 0.29) is 0 Å². The summed E-state index contributed by atoms with van der Waals surface area (Å²) in [5, 5.41) is 11.1. The van der Waals surface area contributed by atoms with Crippen molar-refractivity contribution in [2.75, 3.05) is 0 Å². The Bertz CT molecular complexity index is 2660. The fraction of sp³-hybridized carbons (Fsp3) is 0. The molecule has 0 spiro atoms. The molecule has 4 heterocycles. The number of aromatic nitrogens is 4. The molecule has 0 N–H and O–H groups in total. The van der Waals surface area contributed by atoms with Gasteiger partial charge in [0.25, 0.3) is 0 Å². The van der Waals surface area contributed by atoms with Crippen LogP contribution in [0.1, 0.15) is 0 Å². The first kappa shape index (κ1) is 20.5. The average Bonchev–Trinajstić information content (AvgIpc) is 3.65. The topological polar surface area (TPSA) is 35.1 Å². The first-order valence-corrected chi connectivity index (χ1v) is 13.6. The average molecular weight is 509 g/mol. The van der Waals surface area contributed by atoms with Crippen LogP contribution in [0, 0.1) is 0 Å². The molecule has 4 aromatic heterocycles. The van der Waals surface area contributed by atoms with Gasteiger partial charge in [-0.15, -0.1) is 0 Å². The van der Waals surface area contributed by atoms with Gasteiger partial charge in [0.05, 0.1) is 33.1 Å². The molecule has 0 fully saturated rings. The Morgan fingerprint density at radius 1 is 0.475 bits per heavy atom. The van der Waals surface area contributed by atoms with Gasteiger partial charge in [-0.2, -0.15) is 0 Å². The molecule has 0 amide bonds.